The molecule has 2 rings (SSSR count). The molecular formula is C13H16BrN3O. The number of ether oxygens (including phenoxy) is 1. The number of hydrogen-bond acceptors (Lipinski definition) is 3. The van der Waals surface area contributed by atoms with Crippen molar-refractivity contribution in [1.29, 1.82) is 0 Å². The minimum absolute atomic E-state index is 0.724. The third kappa shape index (κ3) is 2.91. The maximum absolute atomic E-state index is 5.24. The Morgan fingerprint density at radius 3 is 2.94 bits per heavy atom. The minimum Gasteiger partial charge on any atom is -0.497 e. The van der Waals surface area contributed by atoms with E-state index in [1.807, 2.05) is 42.2 Å². The van der Waals surface area contributed by atoms with Crippen LogP contribution in [0.2, 0.25) is 0 Å². The highest BCUT2D eigenvalue weighted by Crippen LogP contribution is 2.23. The molecule has 0 radical (unpaired) electrons. The predicted molar refractivity (Wildman–Crippen MR) is 74.8 cm³/mol. The molecule has 0 saturated carbocycles. The van der Waals surface area contributed by atoms with Gasteiger partial charge in [-0.1, -0.05) is 15.9 Å². The summed E-state index contributed by atoms with van der Waals surface area (Å²) in [6, 6.07) is 7.97. The lowest BCUT2D eigenvalue weighted by molar-refractivity contribution is 0.414. The van der Waals surface area contributed by atoms with E-state index in [-0.39, 0.29) is 0 Å². The summed E-state index contributed by atoms with van der Waals surface area (Å²) in [6.45, 7) is 1.53. The average molecular weight is 310 g/mol. The van der Waals surface area contributed by atoms with Crippen LogP contribution in [-0.4, -0.2) is 23.9 Å². The summed E-state index contributed by atoms with van der Waals surface area (Å²) >= 11 is 3.56. The lowest BCUT2D eigenvalue weighted by atomic mass is 10.2. The Morgan fingerprint density at radius 1 is 1.39 bits per heavy atom. The summed E-state index contributed by atoms with van der Waals surface area (Å²) in [4.78, 5) is 0. The van der Waals surface area contributed by atoms with Gasteiger partial charge in [-0.2, -0.15) is 5.10 Å². The van der Waals surface area contributed by atoms with Crippen LogP contribution < -0.4 is 10.1 Å². The van der Waals surface area contributed by atoms with E-state index in [0.717, 1.165) is 34.6 Å². The zero-order valence-corrected chi connectivity index (χ0v) is 12.1. The number of halogens is 1. The van der Waals surface area contributed by atoms with E-state index in [9.17, 15) is 0 Å². The second-order valence-electron chi connectivity index (χ2n) is 3.97. The van der Waals surface area contributed by atoms with Crippen LogP contribution in [0.5, 0.6) is 5.75 Å². The van der Waals surface area contributed by atoms with Crippen molar-refractivity contribution in [2.45, 2.75) is 13.1 Å². The van der Waals surface area contributed by atoms with E-state index in [1.165, 1.54) is 0 Å². The van der Waals surface area contributed by atoms with Crippen LogP contribution in [0.25, 0.3) is 0 Å². The fraction of sp³-hybridized carbons (Fsp3) is 0.308. The molecule has 0 atom stereocenters. The van der Waals surface area contributed by atoms with Gasteiger partial charge >= 0.3 is 0 Å². The minimum atomic E-state index is 0.724. The number of nitrogens with zero attached hydrogens (tertiary/aromatic N) is 2. The lowest BCUT2D eigenvalue weighted by Crippen LogP contribution is -2.13. The van der Waals surface area contributed by atoms with Gasteiger partial charge in [-0.05, 0) is 36.9 Å². The Morgan fingerprint density at radius 2 is 2.22 bits per heavy atom. The van der Waals surface area contributed by atoms with Crippen molar-refractivity contribution in [3.8, 4) is 5.75 Å². The Balaban J connectivity index is 2.24. The van der Waals surface area contributed by atoms with E-state index in [1.54, 1.807) is 7.11 Å². The van der Waals surface area contributed by atoms with Crippen LogP contribution in [0, 0.1) is 0 Å². The van der Waals surface area contributed by atoms with Gasteiger partial charge in [-0.3, -0.25) is 4.68 Å². The highest BCUT2D eigenvalue weighted by molar-refractivity contribution is 9.10. The normalized spacial score (nSPS) is 10.6. The van der Waals surface area contributed by atoms with Gasteiger partial charge < -0.3 is 10.1 Å². The van der Waals surface area contributed by atoms with Crippen molar-refractivity contribution in [2.75, 3.05) is 14.2 Å². The highest BCUT2D eigenvalue weighted by atomic mass is 79.9. The Labute approximate surface area is 115 Å². The lowest BCUT2D eigenvalue weighted by Gasteiger charge is -2.10. The van der Waals surface area contributed by atoms with Crippen molar-refractivity contribution < 1.29 is 4.74 Å². The molecule has 0 aliphatic carbocycles. The molecule has 2 aromatic rings. The number of hydrogen-bond donors (Lipinski definition) is 1. The summed E-state index contributed by atoms with van der Waals surface area (Å²) in [5, 5.41) is 7.48. The van der Waals surface area contributed by atoms with Crippen molar-refractivity contribution in [3.05, 3.63) is 46.2 Å². The van der Waals surface area contributed by atoms with Crippen LogP contribution in [0.4, 0.5) is 0 Å². The molecule has 0 aliphatic rings. The second-order valence-corrected chi connectivity index (χ2v) is 4.82. The molecule has 18 heavy (non-hydrogen) atoms. The van der Waals surface area contributed by atoms with Gasteiger partial charge in [0.2, 0.25) is 0 Å². The zero-order chi connectivity index (χ0) is 13.0. The largest absolute Gasteiger partial charge is 0.497 e. The van der Waals surface area contributed by atoms with Gasteiger partial charge in [0.25, 0.3) is 0 Å². The van der Waals surface area contributed by atoms with Gasteiger partial charge in [-0.15, -0.1) is 0 Å². The van der Waals surface area contributed by atoms with Gasteiger partial charge in [0.1, 0.15) is 5.75 Å². The molecule has 1 aromatic heterocycles. The number of aromatic nitrogens is 2. The van der Waals surface area contributed by atoms with Crippen LogP contribution >= 0.6 is 15.9 Å². The third-order valence-electron chi connectivity index (χ3n) is 2.74. The van der Waals surface area contributed by atoms with Crippen molar-refractivity contribution >= 4 is 15.9 Å². The molecule has 0 fully saturated rings. The second kappa shape index (κ2) is 6.02. The maximum Gasteiger partial charge on any atom is 0.119 e. The SMILES string of the molecule is CNCc1ccnn1Cc1cc(OC)ccc1Br. The summed E-state index contributed by atoms with van der Waals surface area (Å²) < 4.78 is 8.29. The standard InChI is InChI=1S/C13H16BrN3O/c1-15-8-11-5-6-16-17(11)9-10-7-12(18-2)3-4-13(10)14/h3-7,15H,8-9H2,1-2H3. The van der Waals surface area contributed by atoms with E-state index in [0.29, 0.717) is 0 Å². The van der Waals surface area contributed by atoms with Gasteiger partial charge in [0.15, 0.2) is 0 Å². The van der Waals surface area contributed by atoms with E-state index in [4.69, 9.17) is 4.74 Å². The predicted octanol–water partition coefficient (Wildman–Crippen LogP) is 2.42. The molecule has 1 aromatic carbocycles. The quantitative estimate of drug-likeness (QED) is 0.922. The number of rotatable bonds is 5. The zero-order valence-electron chi connectivity index (χ0n) is 10.5. The first-order chi connectivity index (χ1) is 8.74. The molecule has 0 aliphatic heterocycles. The van der Waals surface area contributed by atoms with Gasteiger partial charge in [0, 0.05) is 17.2 Å². The molecule has 5 heteroatoms. The number of nitrogens with one attached hydrogen (secondary N) is 1. The molecule has 4 nitrogen and oxygen atoms in total. The van der Waals surface area contributed by atoms with E-state index >= 15 is 0 Å². The van der Waals surface area contributed by atoms with Gasteiger partial charge in [-0.25, -0.2) is 0 Å². The van der Waals surface area contributed by atoms with Crippen LogP contribution in [0.15, 0.2) is 34.9 Å². The van der Waals surface area contributed by atoms with Crippen LogP contribution in [0.1, 0.15) is 11.3 Å². The van der Waals surface area contributed by atoms with Crippen LogP contribution in [0.3, 0.4) is 0 Å². The van der Waals surface area contributed by atoms with E-state index < -0.39 is 0 Å². The van der Waals surface area contributed by atoms with E-state index in [2.05, 4.69) is 26.3 Å². The molecule has 1 N–H and O–H groups in total. The fourth-order valence-electron chi connectivity index (χ4n) is 1.79. The monoisotopic (exact) mass is 309 g/mol. The average Bonchev–Trinajstić information content (AvgIpc) is 2.80. The third-order valence-corrected chi connectivity index (χ3v) is 3.51. The first-order valence-electron chi connectivity index (χ1n) is 5.72. The summed E-state index contributed by atoms with van der Waals surface area (Å²) in [5.74, 6) is 0.857. The molecule has 96 valence electrons. The number of methoxy groups -OCH3 is 1. The van der Waals surface area contributed by atoms with Crippen LogP contribution in [-0.2, 0) is 13.1 Å². The summed E-state index contributed by atoms with van der Waals surface area (Å²) in [5.41, 5.74) is 2.31. The van der Waals surface area contributed by atoms with Gasteiger partial charge in [0.05, 0.1) is 19.3 Å². The highest BCUT2D eigenvalue weighted by Gasteiger charge is 2.06. The molecular weight excluding hydrogens is 294 g/mol. The Bertz CT molecular complexity index is 525. The first-order valence-corrected chi connectivity index (χ1v) is 6.51. The maximum atomic E-state index is 5.24. The van der Waals surface area contributed by atoms with Crippen molar-refractivity contribution in [3.63, 3.8) is 0 Å². The van der Waals surface area contributed by atoms with Crippen molar-refractivity contribution in [1.82, 2.24) is 15.1 Å². The Hall–Kier alpha value is -1.33. The first kappa shape index (κ1) is 13.1. The summed E-state index contributed by atoms with van der Waals surface area (Å²) in [6.07, 6.45) is 1.82. The topological polar surface area (TPSA) is 39.1 Å². The molecule has 0 spiro atoms. The molecule has 1 heterocycles. The fourth-order valence-corrected chi connectivity index (χ4v) is 2.17. The van der Waals surface area contributed by atoms with Crippen molar-refractivity contribution in [2.24, 2.45) is 0 Å². The smallest absolute Gasteiger partial charge is 0.119 e. The molecule has 0 unspecified atom stereocenters. The number of benzene rings is 1. The molecule has 0 amide bonds. The Kier molecular flexibility index (Phi) is 4.38. The molecule has 0 saturated heterocycles. The summed E-state index contributed by atoms with van der Waals surface area (Å²) in [7, 11) is 3.60. The molecule has 0 bridgehead atoms.